The van der Waals surface area contributed by atoms with E-state index in [9.17, 15) is 4.79 Å². The van der Waals surface area contributed by atoms with Gasteiger partial charge in [-0.25, -0.2) is 0 Å². The number of ether oxygens (including phenoxy) is 1. The van der Waals surface area contributed by atoms with Gasteiger partial charge in [0.05, 0.1) is 12.7 Å². The van der Waals surface area contributed by atoms with Crippen LogP contribution < -0.4 is 5.32 Å². The highest BCUT2D eigenvalue weighted by Gasteiger charge is 2.22. The summed E-state index contributed by atoms with van der Waals surface area (Å²) in [5, 5.41) is 3.26. The molecule has 0 radical (unpaired) electrons. The number of carbonyl (C=O) groups excluding carboxylic acids is 1. The highest BCUT2D eigenvalue weighted by molar-refractivity contribution is 5.79. The van der Waals surface area contributed by atoms with Gasteiger partial charge in [-0.2, -0.15) is 0 Å². The van der Waals surface area contributed by atoms with Crippen molar-refractivity contribution in [1.29, 1.82) is 0 Å². The van der Waals surface area contributed by atoms with Gasteiger partial charge >= 0.3 is 0 Å². The van der Waals surface area contributed by atoms with Crippen LogP contribution in [0.5, 0.6) is 0 Å². The minimum absolute atomic E-state index is 0.132. The van der Waals surface area contributed by atoms with Crippen LogP contribution in [0.4, 0.5) is 0 Å². The van der Waals surface area contributed by atoms with Gasteiger partial charge in [0.2, 0.25) is 0 Å². The van der Waals surface area contributed by atoms with Crippen LogP contribution >= 0.6 is 0 Å². The van der Waals surface area contributed by atoms with E-state index in [2.05, 4.69) is 5.32 Å². The molecule has 15 heavy (non-hydrogen) atoms. The molecule has 1 heterocycles. The molecule has 0 aromatic carbocycles. The lowest BCUT2D eigenvalue weighted by Crippen LogP contribution is -2.39. The average molecular weight is 211 g/mol. The molecule has 1 N–H and O–H groups in total. The third-order valence-corrected chi connectivity index (χ3v) is 3.45. The summed E-state index contributed by atoms with van der Waals surface area (Å²) in [5.41, 5.74) is 0. The summed E-state index contributed by atoms with van der Waals surface area (Å²) < 4.78 is 5.53. The number of hydrogen-bond donors (Lipinski definition) is 1. The largest absolute Gasteiger partial charge is 0.375 e. The lowest BCUT2D eigenvalue weighted by Gasteiger charge is -2.23. The van der Waals surface area contributed by atoms with Gasteiger partial charge in [0.1, 0.15) is 5.78 Å². The minimum atomic E-state index is 0.132. The molecular weight excluding hydrogens is 190 g/mol. The van der Waals surface area contributed by atoms with E-state index in [1.807, 2.05) is 0 Å². The summed E-state index contributed by atoms with van der Waals surface area (Å²) in [6.07, 6.45) is 6.69. The van der Waals surface area contributed by atoms with E-state index < -0.39 is 0 Å². The zero-order valence-corrected chi connectivity index (χ0v) is 9.34. The molecule has 1 aliphatic heterocycles. The van der Waals surface area contributed by atoms with E-state index in [-0.39, 0.29) is 6.10 Å². The van der Waals surface area contributed by atoms with Gasteiger partial charge in [-0.05, 0) is 5.92 Å². The Morgan fingerprint density at radius 3 is 2.73 bits per heavy atom. The second kappa shape index (κ2) is 5.61. The zero-order chi connectivity index (χ0) is 10.5. The van der Waals surface area contributed by atoms with Crippen LogP contribution in [0.2, 0.25) is 0 Å². The van der Waals surface area contributed by atoms with Crippen LogP contribution in [-0.4, -0.2) is 31.6 Å². The predicted octanol–water partition coefficient (Wildman–Crippen LogP) is 1.51. The van der Waals surface area contributed by atoms with E-state index in [0.29, 0.717) is 18.1 Å². The zero-order valence-electron chi connectivity index (χ0n) is 9.34. The Labute approximate surface area is 91.6 Å². The van der Waals surface area contributed by atoms with Crippen LogP contribution in [0, 0.1) is 5.92 Å². The summed E-state index contributed by atoms with van der Waals surface area (Å²) in [7, 11) is 0. The highest BCUT2D eigenvalue weighted by Crippen LogP contribution is 2.28. The molecule has 0 bridgehead atoms. The first-order valence-electron chi connectivity index (χ1n) is 6.18. The topological polar surface area (TPSA) is 38.3 Å². The van der Waals surface area contributed by atoms with Crippen LogP contribution in [0.3, 0.4) is 0 Å². The second-order valence-corrected chi connectivity index (χ2v) is 4.79. The van der Waals surface area contributed by atoms with Crippen molar-refractivity contribution in [3.05, 3.63) is 0 Å². The molecule has 0 aromatic rings. The Morgan fingerprint density at radius 1 is 1.27 bits per heavy atom. The number of ketones is 1. The third-order valence-electron chi connectivity index (χ3n) is 3.45. The van der Waals surface area contributed by atoms with Gasteiger partial charge in [0.15, 0.2) is 0 Å². The molecule has 3 heteroatoms. The molecule has 1 atom stereocenters. The van der Waals surface area contributed by atoms with E-state index in [1.54, 1.807) is 0 Å². The Bertz CT molecular complexity index is 206. The number of nitrogens with one attached hydrogen (secondary N) is 1. The van der Waals surface area contributed by atoms with Gasteiger partial charge in [0, 0.05) is 25.9 Å². The number of hydrogen-bond acceptors (Lipinski definition) is 3. The lowest BCUT2D eigenvalue weighted by molar-refractivity contribution is -0.123. The minimum Gasteiger partial charge on any atom is -0.375 e. The van der Waals surface area contributed by atoms with Crippen LogP contribution in [0.1, 0.15) is 38.5 Å². The van der Waals surface area contributed by atoms with Crippen molar-refractivity contribution >= 4 is 5.78 Å². The SMILES string of the molecule is O=C(CC1CCCC1)CC1CNCCO1. The van der Waals surface area contributed by atoms with E-state index in [1.165, 1.54) is 25.7 Å². The Balaban J connectivity index is 1.66. The van der Waals surface area contributed by atoms with Gasteiger partial charge < -0.3 is 10.1 Å². The van der Waals surface area contributed by atoms with Gasteiger partial charge in [-0.3, -0.25) is 4.79 Å². The van der Waals surface area contributed by atoms with Gasteiger partial charge in [0.25, 0.3) is 0 Å². The molecule has 0 spiro atoms. The number of rotatable bonds is 4. The van der Waals surface area contributed by atoms with Crippen molar-refractivity contribution in [2.75, 3.05) is 19.7 Å². The quantitative estimate of drug-likeness (QED) is 0.766. The maximum atomic E-state index is 11.8. The summed E-state index contributed by atoms with van der Waals surface area (Å²) in [6.45, 7) is 2.52. The normalized spacial score (nSPS) is 28.1. The number of morpholine rings is 1. The Kier molecular flexibility index (Phi) is 4.15. The molecular formula is C12H21NO2. The molecule has 1 aliphatic carbocycles. The first-order chi connectivity index (χ1) is 7.34. The van der Waals surface area contributed by atoms with Crippen molar-refractivity contribution in [2.24, 2.45) is 5.92 Å². The summed E-state index contributed by atoms with van der Waals surface area (Å²) in [5.74, 6) is 1.07. The Hall–Kier alpha value is -0.410. The van der Waals surface area contributed by atoms with Crippen LogP contribution in [0.25, 0.3) is 0 Å². The summed E-state index contributed by atoms with van der Waals surface area (Å²) >= 11 is 0. The monoisotopic (exact) mass is 211 g/mol. The van der Waals surface area contributed by atoms with Crippen molar-refractivity contribution < 1.29 is 9.53 Å². The highest BCUT2D eigenvalue weighted by atomic mass is 16.5. The lowest BCUT2D eigenvalue weighted by atomic mass is 9.98. The summed E-state index contributed by atoms with van der Waals surface area (Å²) in [4.78, 5) is 11.8. The van der Waals surface area contributed by atoms with E-state index in [0.717, 1.165) is 26.1 Å². The fourth-order valence-corrected chi connectivity index (χ4v) is 2.62. The fourth-order valence-electron chi connectivity index (χ4n) is 2.62. The molecule has 0 amide bonds. The number of Topliss-reactive ketones (excluding diaryl/α,β-unsaturated/α-hetero) is 1. The van der Waals surface area contributed by atoms with Crippen molar-refractivity contribution in [2.45, 2.75) is 44.6 Å². The smallest absolute Gasteiger partial charge is 0.135 e. The Morgan fingerprint density at radius 2 is 2.07 bits per heavy atom. The molecule has 1 saturated carbocycles. The van der Waals surface area contributed by atoms with Crippen LogP contribution in [-0.2, 0) is 9.53 Å². The molecule has 1 unspecified atom stereocenters. The molecule has 1 saturated heterocycles. The van der Waals surface area contributed by atoms with Crippen molar-refractivity contribution in [1.82, 2.24) is 5.32 Å². The number of carbonyl (C=O) groups is 1. The molecule has 2 fully saturated rings. The molecule has 3 nitrogen and oxygen atoms in total. The van der Waals surface area contributed by atoms with Gasteiger partial charge in [-0.15, -0.1) is 0 Å². The second-order valence-electron chi connectivity index (χ2n) is 4.79. The molecule has 2 aliphatic rings. The molecule has 0 aromatic heterocycles. The maximum Gasteiger partial charge on any atom is 0.135 e. The summed E-state index contributed by atoms with van der Waals surface area (Å²) in [6, 6.07) is 0. The maximum absolute atomic E-state index is 11.8. The average Bonchev–Trinajstić information content (AvgIpc) is 2.71. The standard InChI is InChI=1S/C12H21NO2/c14-11(7-10-3-1-2-4-10)8-12-9-13-5-6-15-12/h10,12-13H,1-9H2. The third kappa shape index (κ3) is 3.58. The first kappa shape index (κ1) is 11.1. The van der Waals surface area contributed by atoms with Crippen molar-refractivity contribution in [3.63, 3.8) is 0 Å². The van der Waals surface area contributed by atoms with E-state index in [4.69, 9.17) is 4.74 Å². The fraction of sp³-hybridized carbons (Fsp3) is 0.917. The predicted molar refractivity (Wildman–Crippen MR) is 58.8 cm³/mol. The molecule has 2 rings (SSSR count). The van der Waals surface area contributed by atoms with Gasteiger partial charge in [-0.1, -0.05) is 25.7 Å². The first-order valence-corrected chi connectivity index (χ1v) is 6.18. The van der Waals surface area contributed by atoms with Crippen LogP contribution in [0.15, 0.2) is 0 Å². The van der Waals surface area contributed by atoms with Crippen molar-refractivity contribution in [3.8, 4) is 0 Å². The molecule has 86 valence electrons. The van der Waals surface area contributed by atoms with E-state index >= 15 is 0 Å².